The Morgan fingerprint density at radius 2 is 2.08 bits per heavy atom. The van der Waals surface area contributed by atoms with Crippen LogP contribution in [0.2, 0.25) is 0 Å². The van der Waals surface area contributed by atoms with Crippen LogP contribution < -0.4 is 14.2 Å². The molecule has 4 rings (SSSR count). The van der Waals surface area contributed by atoms with Crippen LogP contribution in [0, 0.1) is 0 Å². The van der Waals surface area contributed by atoms with Gasteiger partial charge >= 0.3 is 0 Å². The van der Waals surface area contributed by atoms with E-state index in [9.17, 15) is 0 Å². The topological polar surface area (TPSA) is 40.6 Å². The summed E-state index contributed by atoms with van der Waals surface area (Å²) in [5.41, 5.74) is 2.29. The molecule has 1 aromatic heterocycles. The molecular weight excluding hydrogens is 354 g/mol. The number of hydrogen-bond acceptors (Lipinski definition) is 6. The second-order valence-electron chi connectivity index (χ2n) is 5.56. The van der Waals surface area contributed by atoms with Crippen molar-refractivity contribution < 1.29 is 14.2 Å². The van der Waals surface area contributed by atoms with E-state index < -0.39 is 0 Å². The van der Waals surface area contributed by atoms with Crippen LogP contribution in [0.15, 0.2) is 52.7 Å². The van der Waals surface area contributed by atoms with Crippen molar-refractivity contribution in [3.63, 3.8) is 0 Å². The Morgan fingerprint density at radius 3 is 3.00 bits per heavy atom. The normalized spacial score (nSPS) is 12.4. The number of aromatic nitrogens is 1. The van der Waals surface area contributed by atoms with Crippen LogP contribution in [0.25, 0.3) is 0 Å². The van der Waals surface area contributed by atoms with E-state index in [4.69, 9.17) is 19.2 Å². The van der Waals surface area contributed by atoms with Gasteiger partial charge in [-0.1, -0.05) is 12.1 Å². The molecule has 1 aliphatic heterocycles. The van der Waals surface area contributed by atoms with Crippen LogP contribution in [-0.2, 0) is 12.2 Å². The lowest BCUT2D eigenvalue weighted by atomic mass is 10.1. The van der Waals surface area contributed by atoms with Crippen molar-refractivity contribution in [1.82, 2.24) is 4.98 Å². The van der Waals surface area contributed by atoms with E-state index >= 15 is 0 Å². The number of ether oxygens (including phenoxy) is 3. The minimum Gasteiger partial charge on any atom is -0.497 e. The molecule has 6 heteroatoms. The zero-order chi connectivity index (χ0) is 17.1. The van der Waals surface area contributed by atoms with Crippen LogP contribution in [0.4, 0.5) is 0 Å². The van der Waals surface area contributed by atoms with Gasteiger partial charge in [0.05, 0.1) is 17.8 Å². The lowest BCUT2D eigenvalue weighted by Gasteiger charge is -2.03. The number of fused-ring (bicyclic) bond motifs is 1. The third-order valence-electron chi connectivity index (χ3n) is 3.82. The molecular formula is C19H17NO3S2. The fourth-order valence-electron chi connectivity index (χ4n) is 2.57. The molecule has 128 valence electrons. The van der Waals surface area contributed by atoms with E-state index in [-0.39, 0.29) is 0 Å². The standard InChI is InChI=1S/C19H17NO3S2/c1-21-15-3-2-4-16(9-15)24-10-14-11-25-19(20-14)8-13-5-6-17-18(7-13)23-12-22-17/h2-7,9,11H,8,10,12H2,1H3. The number of methoxy groups -OCH3 is 1. The summed E-state index contributed by atoms with van der Waals surface area (Å²) >= 11 is 3.47. The van der Waals surface area contributed by atoms with E-state index in [0.29, 0.717) is 6.79 Å². The first-order valence-corrected chi connectivity index (χ1v) is 9.75. The molecule has 0 amide bonds. The van der Waals surface area contributed by atoms with Gasteiger partial charge in [0.15, 0.2) is 11.5 Å². The summed E-state index contributed by atoms with van der Waals surface area (Å²) in [7, 11) is 1.69. The smallest absolute Gasteiger partial charge is 0.231 e. The molecule has 25 heavy (non-hydrogen) atoms. The van der Waals surface area contributed by atoms with Gasteiger partial charge in [-0.05, 0) is 35.9 Å². The predicted molar refractivity (Wildman–Crippen MR) is 100 cm³/mol. The summed E-state index contributed by atoms with van der Waals surface area (Å²) in [5, 5.41) is 3.25. The van der Waals surface area contributed by atoms with Crippen molar-refractivity contribution in [2.24, 2.45) is 0 Å². The Hall–Kier alpha value is -2.18. The van der Waals surface area contributed by atoms with Gasteiger partial charge in [-0.2, -0.15) is 0 Å². The molecule has 4 nitrogen and oxygen atoms in total. The first-order chi connectivity index (χ1) is 12.3. The van der Waals surface area contributed by atoms with Crippen molar-refractivity contribution in [2.45, 2.75) is 17.1 Å². The zero-order valence-corrected chi connectivity index (χ0v) is 15.4. The first-order valence-electron chi connectivity index (χ1n) is 7.89. The highest BCUT2D eigenvalue weighted by molar-refractivity contribution is 7.98. The number of hydrogen-bond donors (Lipinski definition) is 0. The largest absolute Gasteiger partial charge is 0.497 e. The molecule has 0 fully saturated rings. The number of thiazole rings is 1. The lowest BCUT2D eigenvalue weighted by molar-refractivity contribution is 0.174. The molecule has 2 aromatic carbocycles. The number of rotatable bonds is 6. The average molecular weight is 371 g/mol. The summed E-state index contributed by atoms with van der Waals surface area (Å²) in [4.78, 5) is 5.94. The van der Waals surface area contributed by atoms with Crippen molar-refractivity contribution in [3.8, 4) is 17.2 Å². The molecule has 0 bridgehead atoms. The summed E-state index contributed by atoms with van der Waals surface area (Å²) < 4.78 is 16.1. The van der Waals surface area contributed by atoms with Gasteiger partial charge in [-0.3, -0.25) is 0 Å². The maximum atomic E-state index is 5.44. The maximum absolute atomic E-state index is 5.44. The SMILES string of the molecule is COc1cccc(SCc2csc(Cc3ccc4c(c3)OCO4)n2)c1. The van der Waals surface area contributed by atoms with Gasteiger partial charge in [-0.25, -0.2) is 4.98 Å². The highest BCUT2D eigenvalue weighted by Gasteiger charge is 2.14. The molecule has 0 saturated heterocycles. The average Bonchev–Trinajstić information content (AvgIpc) is 3.29. The molecule has 0 saturated carbocycles. The van der Waals surface area contributed by atoms with E-state index in [1.807, 2.05) is 30.3 Å². The Bertz CT molecular complexity index is 879. The van der Waals surface area contributed by atoms with E-state index in [0.717, 1.165) is 40.1 Å². The minimum absolute atomic E-state index is 0.307. The Balaban J connectivity index is 1.38. The summed E-state index contributed by atoms with van der Waals surface area (Å²) in [5.74, 6) is 3.37. The van der Waals surface area contributed by atoms with Crippen LogP contribution in [-0.4, -0.2) is 18.9 Å². The van der Waals surface area contributed by atoms with E-state index in [1.165, 1.54) is 10.5 Å². The predicted octanol–water partition coefficient (Wildman–Crippen LogP) is 4.76. The molecule has 1 aliphatic rings. The van der Waals surface area contributed by atoms with Crippen molar-refractivity contribution in [3.05, 3.63) is 64.1 Å². The highest BCUT2D eigenvalue weighted by atomic mass is 32.2. The van der Waals surface area contributed by atoms with E-state index in [2.05, 4.69) is 17.5 Å². The fourth-order valence-corrected chi connectivity index (χ4v) is 4.34. The van der Waals surface area contributed by atoms with Gasteiger partial charge in [0.2, 0.25) is 6.79 Å². The van der Waals surface area contributed by atoms with Crippen LogP contribution in [0.5, 0.6) is 17.2 Å². The quantitative estimate of drug-likeness (QED) is 0.584. The second-order valence-corrected chi connectivity index (χ2v) is 7.56. The van der Waals surface area contributed by atoms with Crippen LogP contribution >= 0.6 is 23.1 Å². The second kappa shape index (κ2) is 7.37. The molecule has 0 unspecified atom stereocenters. The molecule has 2 heterocycles. The molecule has 0 atom stereocenters. The maximum Gasteiger partial charge on any atom is 0.231 e. The van der Waals surface area contributed by atoms with Crippen molar-refractivity contribution >= 4 is 23.1 Å². The third kappa shape index (κ3) is 3.91. The number of nitrogens with zero attached hydrogens (tertiary/aromatic N) is 1. The minimum atomic E-state index is 0.307. The zero-order valence-electron chi connectivity index (χ0n) is 13.7. The summed E-state index contributed by atoms with van der Waals surface area (Å²) in [6.07, 6.45) is 0.811. The van der Waals surface area contributed by atoms with Gasteiger partial charge < -0.3 is 14.2 Å². The number of benzene rings is 2. The van der Waals surface area contributed by atoms with Crippen molar-refractivity contribution in [2.75, 3.05) is 13.9 Å². The Morgan fingerprint density at radius 1 is 1.16 bits per heavy atom. The molecule has 0 spiro atoms. The summed E-state index contributed by atoms with van der Waals surface area (Å²) in [6, 6.07) is 14.2. The number of thioether (sulfide) groups is 1. The molecule has 0 N–H and O–H groups in total. The molecule has 0 aliphatic carbocycles. The highest BCUT2D eigenvalue weighted by Crippen LogP contribution is 2.33. The third-order valence-corrected chi connectivity index (χ3v) is 5.74. The van der Waals surface area contributed by atoms with Crippen LogP contribution in [0.1, 0.15) is 16.3 Å². The van der Waals surface area contributed by atoms with Gasteiger partial charge in [0.1, 0.15) is 5.75 Å². The monoisotopic (exact) mass is 371 g/mol. The summed E-state index contributed by atoms with van der Waals surface area (Å²) in [6.45, 7) is 0.307. The molecule has 3 aromatic rings. The molecule has 0 radical (unpaired) electrons. The van der Waals surface area contributed by atoms with Crippen molar-refractivity contribution in [1.29, 1.82) is 0 Å². The van der Waals surface area contributed by atoms with Gasteiger partial charge in [0, 0.05) is 22.4 Å². The fraction of sp³-hybridized carbons (Fsp3) is 0.211. The van der Waals surface area contributed by atoms with E-state index in [1.54, 1.807) is 30.2 Å². The van der Waals surface area contributed by atoms with Gasteiger partial charge in [-0.15, -0.1) is 23.1 Å². The van der Waals surface area contributed by atoms with Crippen LogP contribution in [0.3, 0.4) is 0 Å². The lowest BCUT2D eigenvalue weighted by Crippen LogP contribution is -1.93. The Kier molecular flexibility index (Phi) is 4.81. The van der Waals surface area contributed by atoms with Gasteiger partial charge in [0.25, 0.3) is 0 Å². The Labute approximate surface area is 154 Å². The first kappa shape index (κ1) is 16.3.